The van der Waals surface area contributed by atoms with Crippen LogP contribution < -0.4 is 10.6 Å². The first-order chi connectivity index (χ1) is 9.57. The molecule has 1 saturated heterocycles. The molecule has 1 unspecified atom stereocenters. The molecule has 1 heterocycles. The minimum atomic E-state index is -0.359. The topological polar surface area (TPSA) is 41.1 Å². The first-order valence-corrected chi connectivity index (χ1v) is 7.74. The van der Waals surface area contributed by atoms with Gasteiger partial charge in [0.15, 0.2) is 0 Å². The van der Waals surface area contributed by atoms with Gasteiger partial charge in [-0.25, -0.2) is 0 Å². The van der Waals surface area contributed by atoms with Gasteiger partial charge in [0.05, 0.1) is 5.54 Å². The van der Waals surface area contributed by atoms with Crippen LogP contribution in [0, 0.1) is 0 Å². The van der Waals surface area contributed by atoms with E-state index in [1.165, 1.54) is 5.56 Å². The monoisotopic (exact) mass is 274 g/mol. The molecule has 2 N–H and O–H groups in total. The molecule has 0 saturated carbocycles. The standard InChI is InChI=1S/C17H26N2O/c1-4-9-17(10-6-11-18-17)16(20)19-15-8-5-7-14(12-15)13(2)3/h5,7-8,12-13,18H,4,6,9-11H2,1-3H3,(H,19,20). The summed E-state index contributed by atoms with van der Waals surface area (Å²) in [7, 11) is 0. The van der Waals surface area contributed by atoms with Gasteiger partial charge < -0.3 is 10.6 Å². The SMILES string of the molecule is CCCC1(C(=O)Nc2cccc(C(C)C)c2)CCCN1. The van der Waals surface area contributed by atoms with Gasteiger partial charge >= 0.3 is 0 Å². The number of hydrogen-bond acceptors (Lipinski definition) is 2. The van der Waals surface area contributed by atoms with Crippen LogP contribution in [-0.4, -0.2) is 18.0 Å². The summed E-state index contributed by atoms with van der Waals surface area (Å²) in [6, 6.07) is 8.17. The molecule has 3 heteroatoms. The zero-order valence-electron chi connectivity index (χ0n) is 12.8. The number of rotatable bonds is 5. The van der Waals surface area contributed by atoms with E-state index in [0.29, 0.717) is 5.92 Å². The van der Waals surface area contributed by atoms with E-state index in [9.17, 15) is 4.79 Å². The first kappa shape index (κ1) is 15.0. The smallest absolute Gasteiger partial charge is 0.244 e. The third kappa shape index (κ3) is 3.21. The lowest BCUT2D eigenvalue weighted by Gasteiger charge is -2.28. The van der Waals surface area contributed by atoms with Crippen molar-refractivity contribution in [2.75, 3.05) is 11.9 Å². The lowest BCUT2D eigenvalue weighted by atomic mass is 9.90. The summed E-state index contributed by atoms with van der Waals surface area (Å²) >= 11 is 0. The zero-order valence-corrected chi connectivity index (χ0v) is 12.8. The lowest BCUT2D eigenvalue weighted by molar-refractivity contribution is -0.122. The van der Waals surface area contributed by atoms with Crippen LogP contribution in [0.3, 0.4) is 0 Å². The third-order valence-corrected chi connectivity index (χ3v) is 4.17. The first-order valence-electron chi connectivity index (χ1n) is 7.74. The van der Waals surface area contributed by atoms with Gasteiger partial charge in [-0.2, -0.15) is 0 Å². The molecular weight excluding hydrogens is 248 g/mol. The Balaban J connectivity index is 2.12. The Bertz CT molecular complexity index is 462. The second kappa shape index (κ2) is 6.40. The van der Waals surface area contributed by atoms with Crippen molar-refractivity contribution in [3.05, 3.63) is 29.8 Å². The molecule has 1 aliphatic heterocycles. The molecule has 1 aromatic rings. The number of carbonyl (C=O) groups is 1. The fraction of sp³-hybridized carbons (Fsp3) is 0.588. The van der Waals surface area contributed by atoms with E-state index in [1.54, 1.807) is 0 Å². The molecule has 1 aliphatic rings. The normalized spacial score (nSPS) is 22.2. The zero-order chi connectivity index (χ0) is 14.6. The fourth-order valence-corrected chi connectivity index (χ4v) is 2.98. The highest BCUT2D eigenvalue weighted by Crippen LogP contribution is 2.27. The number of nitrogens with one attached hydrogen (secondary N) is 2. The van der Waals surface area contributed by atoms with E-state index in [0.717, 1.165) is 37.9 Å². The van der Waals surface area contributed by atoms with Gasteiger partial charge in [0, 0.05) is 5.69 Å². The summed E-state index contributed by atoms with van der Waals surface area (Å²) in [4.78, 5) is 12.6. The minimum absolute atomic E-state index is 0.123. The van der Waals surface area contributed by atoms with Crippen molar-refractivity contribution in [1.29, 1.82) is 0 Å². The van der Waals surface area contributed by atoms with Crippen LogP contribution in [0.25, 0.3) is 0 Å². The van der Waals surface area contributed by atoms with Gasteiger partial charge in [0.2, 0.25) is 5.91 Å². The largest absolute Gasteiger partial charge is 0.324 e. The second-order valence-electron chi connectivity index (χ2n) is 6.10. The highest BCUT2D eigenvalue weighted by Gasteiger charge is 2.39. The molecule has 1 amide bonds. The van der Waals surface area contributed by atoms with E-state index in [4.69, 9.17) is 0 Å². The highest BCUT2D eigenvalue weighted by molar-refractivity contribution is 5.98. The molecule has 2 rings (SSSR count). The highest BCUT2D eigenvalue weighted by atomic mass is 16.2. The molecule has 3 nitrogen and oxygen atoms in total. The lowest BCUT2D eigenvalue weighted by Crippen LogP contribution is -2.50. The van der Waals surface area contributed by atoms with Gasteiger partial charge in [-0.3, -0.25) is 4.79 Å². The Labute approximate surface area is 122 Å². The average Bonchev–Trinajstić information content (AvgIpc) is 2.89. The summed E-state index contributed by atoms with van der Waals surface area (Å²) in [5, 5.41) is 6.52. The Morgan fingerprint density at radius 1 is 1.45 bits per heavy atom. The Morgan fingerprint density at radius 3 is 2.85 bits per heavy atom. The second-order valence-corrected chi connectivity index (χ2v) is 6.10. The fourth-order valence-electron chi connectivity index (χ4n) is 2.98. The van der Waals surface area contributed by atoms with Crippen molar-refractivity contribution < 1.29 is 4.79 Å². The molecule has 0 aromatic heterocycles. The summed E-state index contributed by atoms with van der Waals surface area (Å²) in [6.45, 7) is 7.41. The maximum atomic E-state index is 12.6. The van der Waals surface area contributed by atoms with Crippen molar-refractivity contribution in [2.24, 2.45) is 0 Å². The summed E-state index contributed by atoms with van der Waals surface area (Å²) in [5.74, 6) is 0.596. The van der Waals surface area contributed by atoms with Gasteiger partial charge in [-0.05, 0) is 49.4 Å². The number of carbonyl (C=O) groups excluding carboxylic acids is 1. The Hall–Kier alpha value is -1.35. The maximum Gasteiger partial charge on any atom is 0.244 e. The quantitative estimate of drug-likeness (QED) is 0.860. The molecule has 0 spiro atoms. The van der Waals surface area contributed by atoms with Gasteiger partial charge in [0.25, 0.3) is 0 Å². The van der Waals surface area contributed by atoms with E-state index >= 15 is 0 Å². The molecule has 0 bridgehead atoms. The van der Waals surface area contributed by atoms with Crippen molar-refractivity contribution in [2.45, 2.75) is 57.9 Å². The average molecular weight is 274 g/mol. The molecule has 20 heavy (non-hydrogen) atoms. The van der Waals surface area contributed by atoms with Gasteiger partial charge in [-0.1, -0.05) is 39.3 Å². The summed E-state index contributed by atoms with van der Waals surface area (Å²) in [5.41, 5.74) is 1.81. The number of anilines is 1. The predicted octanol–water partition coefficient (Wildman–Crippen LogP) is 3.67. The van der Waals surface area contributed by atoms with Crippen molar-refractivity contribution in [3.8, 4) is 0 Å². The number of amides is 1. The van der Waals surface area contributed by atoms with Crippen molar-refractivity contribution in [1.82, 2.24) is 5.32 Å². The van der Waals surface area contributed by atoms with E-state index in [2.05, 4.69) is 43.5 Å². The summed E-state index contributed by atoms with van der Waals surface area (Å²) in [6.07, 6.45) is 3.95. The molecule has 1 fully saturated rings. The molecule has 110 valence electrons. The van der Waals surface area contributed by atoms with Gasteiger partial charge in [0.1, 0.15) is 0 Å². The van der Waals surface area contributed by atoms with Gasteiger partial charge in [-0.15, -0.1) is 0 Å². The summed E-state index contributed by atoms with van der Waals surface area (Å²) < 4.78 is 0. The van der Waals surface area contributed by atoms with E-state index in [-0.39, 0.29) is 11.4 Å². The van der Waals surface area contributed by atoms with Crippen LogP contribution in [0.15, 0.2) is 24.3 Å². The van der Waals surface area contributed by atoms with Crippen LogP contribution >= 0.6 is 0 Å². The molecule has 0 aliphatic carbocycles. The van der Waals surface area contributed by atoms with E-state index in [1.807, 2.05) is 12.1 Å². The Kier molecular flexibility index (Phi) is 4.81. The molecule has 0 radical (unpaired) electrons. The van der Waals surface area contributed by atoms with Crippen LogP contribution in [-0.2, 0) is 4.79 Å². The van der Waals surface area contributed by atoms with Crippen LogP contribution in [0.1, 0.15) is 57.9 Å². The predicted molar refractivity (Wildman–Crippen MR) is 84.0 cm³/mol. The molecule has 1 aromatic carbocycles. The molecule has 1 atom stereocenters. The third-order valence-electron chi connectivity index (χ3n) is 4.17. The van der Waals surface area contributed by atoms with Crippen molar-refractivity contribution in [3.63, 3.8) is 0 Å². The maximum absolute atomic E-state index is 12.6. The number of hydrogen-bond donors (Lipinski definition) is 2. The minimum Gasteiger partial charge on any atom is -0.324 e. The van der Waals surface area contributed by atoms with Crippen LogP contribution in [0.4, 0.5) is 5.69 Å². The van der Waals surface area contributed by atoms with Crippen molar-refractivity contribution >= 4 is 11.6 Å². The van der Waals surface area contributed by atoms with Crippen LogP contribution in [0.5, 0.6) is 0 Å². The van der Waals surface area contributed by atoms with E-state index < -0.39 is 0 Å². The number of benzene rings is 1. The Morgan fingerprint density at radius 2 is 2.25 bits per heavy atom. The molecular formula is C17H26N2O. The van der Waals surface area contributed by atoms with Crippen LogP contribution in [0.2, 0.25) is 0 Å².